The van der Waals surface area contributed by atoms with Gasteiger partial charge in [0.25, 0.3) is 0 Å². The van der Waals surface area contributed by atoms with E-state index in [-0.39, 0.29) is 11.2 Å². The lowest BCUT2D eigenvalue weighted by Crippen LogP contribution is -2.22. The van der Waals surface area contributed by atoms with Crippen LogP contribution in [0.15, 0.2) is 23.4 Å². The molecule has 1 aliphatic rings. The van der Waals surface area contributed by atoms with Crippen LogP contribution in [-0.2, 0) is 17.6 Å². The summed E-state index contributed by atoms with van der Waals surface area (Å²) in [7, 11) is 0. The summed E-state index contributed by atoms with van der Waals surface area (Å²) in [6.45, 7) is 1.75. The van der Waals surface area contributed by atoms with E-state index in [0.29, 0.717) is 5.16 Å². The zero-order chi connectivity index (χ0) is 14.1. The van der Waals surface area contributed by atoms with Gasteiger partial charge in [-0.1, -0.05) is 23.9 Å². The second-order valence-corrected chi connectivity index (χ2v) is 6.27. The highest BCUT2D eigenvalue weighted by atomic mass is 32.2. The minimum atomic E-state index is -0.362. The van der Waals surface area contributed by atoms with E-state index in [0.717, 1.165) is 17.8 Å². The van der Waals surface area contributed by atoms with Crippen LogP contribution < -0.4 is 5.73 Å². The zero-order valence-electron chi connectivity index (χ0n) is 11.2. The molecule has 3 N–H and O–H groups in total. The Bertz CT molecular complexity index is 652. The van der Waals surface area contributed by atoms with Crippen LogP contribution in [0.5, 0.6) is 0 Å². The maximum atomic E-state index is 11.0. The fourth-order valence-electron chi connectivity index (χ4n) is 2.36. The molecule has 5 nitrogen and oxygen atoms in total. The van der Waals surface area contributed by atoms with Crippen molar-refractivity contribution in [1.29, 1.82) is 0 Å². The monoisotopic (exact) mass is 288 g/mol. The van der Waals surface area contributed by atoms with E-state index >= 15 is 0 Å². The Kier molecular flexibility index (Phi) is 3.48. The van der Waals surface area contributed by atoms with E-state index in [4.69, 9.17) is 5.73 Å². The lowest BCUT2D eigenvalue weighted by atomic mass is 10.1. The first-order valence-corrected chi connectivity index (χ1v) is 7.52. The minimum Gasteiger partial charge on any atom is -0.369 e. The SMILES string of the molecule is C[C@H](Sc1n[nH]c(-c2ccc3c(c2)CCC3)n1)C(N)=O. The lowest BCUT2D eigenvalue weighted by Gasteiger charge is -2.02. The molecule has 0 fully saturated rings. The van der Waals surface area contributed by atoms with Crippen LogP contribution in [-0.4, -0.2) is 26.3 Å². The number of thioether (sulfide) groups is 1. The summed E-state index contributed by atoms with van der Waals surface area (Å²) in [4.78, 5) is 15.5. The number of H-pyrrole nitrogens is 1. The van der Waals surface area contributed by atoms with Gasteiger partial charge in [0.15, 0.2) is 5.82 Å². The minimum absolute atomic E-state index is 0.335. The number of aryl methyl sites for hydroxylation is 2. The average molecular weight is 288 g/mol. The highest BCUT2D eigenvalue weighted by molar-refractivity contribution is 8.00. The topological polar surface area (TPSA) is 84.7 Å². The molecule has 1 heterocycles. The number of benzene rings is 1. The van der Waals surface area contributed by atoms with Crippen molar-refractivity contribution in [1.82, 2.24) is 15.2 Å². The van der Waals surface area contributed by atoms with Crippen molar-refractivity contribution in [3.05, 3.63) is 29.3 Å². The summed E-state index contributed by atoms with van der Waals surface area (Å²) in [6.07, 6.45) is 3.54. The fraction of sp³-hybridized carbons (Fsp3) is 0.357. The maximum Gasteiger partial charge on any atom is 0.230 e. The quantitative estimate of drug-likeness (QED) is 0.842. The van der Waals surface area contributed by atoms with Crippen molar-refractivity contribution in [2.45, 2.75) is 36.6 Å². The van der Waals surface area contributed by atoms with Gasteiger partial charge in [0, 0.05) is 5.56 Å². The largest absolute Gasteiger partial charge is 0.369 e. The van der Waals surface area contributed by atoms with Crippen LogP contribution in [0.2, 0.25) is 0 Å². The molecule has 1 aliphatic carbocycles. The van der Waals surface area contributed by atoms with Gasteiger partial charge in [-0.2, -0.15) is 0 Å². The number of carbonyl (C=O) groups excluding carboxylic acids is 1. The van der Waals surface area contributed by atoms with Gasteiger partial charge in [-0.15, -0.1) is 5.10 Å². The molecule has 0 saturated carbocycles. The highest BCUT2D eigenvalue weighted by Crippen LogP contribution is 2.27. The summed E-state index contributed by atoms with van der Waals surface area (Å²) < 4.78 is 0. The number of rotatable bonds is 4. The number of hydrogen-bond acceptors (Lipinski definition) is 4. The average Bonchev–Trinajstić information content (AvgIpc) is 3.05. The molecule has 0 radical (unpaired) electrons. The maximum absolute atomic E-state index is 11.0. The lowest BCUT2D eigenvalue weighted by molar-refractivity contribution is -0.117. The summed E-state index contributed by atoms with van der Waals surface area (Å²) in [5, 5.41) is 7.26. The molecule has 20 heavy (non-hydrogen) atoms. The Hall–Kier alpha value is -1.82. The van der Waals surface area contributed by atoms with E-state index < -0.39 is 0 Å². The number of aromatic amines is 1. The third kappa shape index (κ3) is 2.56. The molecule has 0 unspecified atom stereocenters. The highest BCUT2D eigenvalue weighted by Gasteiger charge is 2.16. The van der Waals surface area contributed by atoms with E-state index in [2.05, 4.69) is 33.4 Å². The van der Waals surface area contributed by atoms with Gasteiger partial charge in [0.05, 0.1) is 5.25 Å². The van der Waals surface area contributed by atoms with Crippen LogP contribution in [0.25, 0.3) is 11.4 Å². The molecule has 2 aromatic rings. The number of aromatic nitrogens is 3. The Morgan fingerprint density at radius 1 is 1.40 bits per heavy atom. The number of amides is 1. The van der Waals surface area contributed by atoms with Crippen molar-refractivity contribution in [2.75, 3.05) is 0 Å². The molecule has 0 saturated heterocycles. The van der Waals surface area contributed by atoms with Gasteiger partial charge in [0.2, 0.25) is 11.1 Å². The molecule has 3 rings (SSSR count). The molecule has 0 aliphatic heterocycles. The first-order valence-electron chi connectivity index (χ1n) is 6.64. The molecule has 6 heteroatoms. The summed E-state index contributed by atoms with van der Waals surface area (Å²) >= 11 is 1.26. The van der Waals surface area contributed by atoms with Crippen molar-refractivity contribution in [2.24, 2.45) is 5.73 Å². The molecule has 0 spiro atoms. The van der Waals surface area contributed by atoms with Crippen molar-refractivity contribution in [3.63, 3.8) is 0 Å². The standard InChI is InChI=1S/C14H16N4OS/c1-8(12(15)19)20-14-16-13(17-18-14)11-6-5-9-3-2-4-10(9)7-11/h5-8H,2-4H2,1H3,(H2,15,19)(H,16,17,18)/t8-/m0/s1. The molecular weight excluding hydrogens is 272 g/mol. The Morgan fingerprint density at radius 2 is 2.20 bits per heavy atom. The molecule has 0 bridgehead atoms. The number of primary amides is 1. The molecule has 1 atom stereocenters. The predicted molar refractivity (Wildman–Crippen MR) is 78.4 cm³/mol. The predicted octanol–water partition coefficient (Wildman–Crippen LogP) is 1.93. The molecule has 1 aromatic carbocycles. The summed E-state index contributed by atoms with van der Waals surface area (Å²) in [5.74, 6) is 0.373. The third-order valence-electron chi connectivity index (χ3n) is 3.52. The number of fused-ring (bicyclic) bond motifs is 1. The van der Waals surface area contributed by atoms with E-state index in [9.17, 15) is 4.79 Å². The van der Waals surface area contributed by atoms with E-state index in [1.165, 1.54) is 35.7 Å². The Morgan fingerprint density at radius 3 is 3.00 bits per heavy atom. The van der Waals surface area contributed by atoms with Crippen molar-refractivity contribution < 1.29 is 4.79 Å². The van der Waals surface area contributed by atoms with Crippen LogP contribution in [0.1, 0.15) is 24.5 Å². The van der Waals surface area contributed by atoms with Crippen LogP contribution >= 0.6 is 11.8 Å². The van der Waals surface area contributed by atoms with Gasteiger partial charge in [-0.3, -0.25) is 9.89 Å². The number of nitrogens with one attached hydrogen (secondary N) is 1. The van der Waals surface area contributed by atoms with E-state index in [1.54, 1.807) is 6.92 Å². The van der Waals surface area contributed by atoms with Gasteiger partial charge in [0.1, 0.15) is 0 Å². The summed E-state index contributed by atoms with van der Waals surface area (Å²) in [5.41, 5.74) is 9.11. The number of carbonyl (C=O) groups is 1. The second kappa shape index (κ2) is 5.28. The molecule has 1 amide bonds. The smallest absolute Gasteiger partial charge is 0.230 e. The first-order chi connectivity index (χ1) is 9.63. The Balaban J connectivity index is 1.81. The van der Waals surface area contributed by atoms with Gasteiger partial charge in [-0.05, 0) is 43.4 Å². The number of hydrogen-bond donors (Lipinski definition) is 2. The molecule has 1 aromatic heterocycles. The summed E-state index contributed by atoms with van der Waals surface area (Å²) in [6, 6.07) is 6.41. The number of nitrogens with two attached hydrogens (primary N) is 1. The van der Waals surface area contributed by atoms with Crippen LogP contribution in [0, 0.1) is 0 Å². The van der Waals surface area contributed by atoms with Crippen LogP contribution in [0.4, 0.5) is 0 Å². The first kappa shape index (κ1) is 13.2. The Labute approximate surface area is 121 Å². The molecule has 104 valence electrons. The van der Waals surface area contributed by atoms with Gasteiger partial charge in [-0.25, -0.2) is 4.98 Å². The van der Waals surface area contributed by atoms with Crippen molar-refractivity contribution >= 4 is 17.7 Å². The number of nitrogens with zero attached hydrogens (tertiary/aromatic N) is 2. The third-order valence-corrected chi connectivity index (χ3v) is 4.50. The van der Waals surface area contributed by atoms with Crippen LogP contribution in [0.3, 0.4) is 0 Å². The fourth-order valence-corrected chi connectivity index (χ4v) is 3.04. The van der Waals surface area contributed by atoms with Gasteiger partial charge < -0.3 is 5.73 Å². The normalized spacial score (nSPS) is 15.1. The van der Waals surface area contributed by atoms with Crippen molar-refractivity contribution in [3.8, 4) is 11.4 Å². The zero-order valence-corrected chi connectivity index (χ0v) is 12.0. The van der Waals surface area contributed by atoms with E-state index in [1.807, 2.05) is 0 Å². The second-order valence-electron chi connectivity index (χ2n) is 4.97. The molecular formula is C14H16N4OS. The van der Waals surface area contributed by atoms with Gasteiger partial charge >= 0.3 is 0 Å².